The highest BCUT2D eigenvalue weighted by Crippen LogP contribution is 2.19. The minimum atomic E-state index is -0.235. The van der Waals surface area contributed by atoms with E-state index in [2.05, 4.69) is 10.6 Å². The molecule has 0 aromatic heterocycles. The van der Waals surface area contributed by atoms with Crippen molar-refractivity contribution in [1.29, 1.82) is 0 Å². The zero-order chi connectivity index (χ0) is 18.4. The average Bonchev–Trinajstić information content (AvgIpc) is 2.54. The summed E-state index contributed by atoms with van der Waals surface area (Å²) in [6.07, 6.45) is 0.0413. The average molecular weight is 340 g/mol. The van der Waals surface area contributed by atoms with Crippen LogP contribution in [0.2, 0.25) is 0 Å². The van der Waals surface area contributed by atoms with Crippen molar-refractivity contribution < 1.29 is 14.3 Å². The summed E-state index contributed by atoms with van der Waals surface area (Å²) < 4.78 is 5.61. The summed E-state index contributed by atoms with van der Waals surface area (Å²) in [4.78, 5) is 24.2. The van der Waals surface area contributed by atoms with E-state index in [9.17, 15) is 9.59 Å². The second kappa shape index (κ2) is 8.33. The number of hydrogen-bond donors (Lipinski definition) is 2. The third-order valence-corrected chi connectivity index (χ3v) is 3.38. The molecule has 2 aromatic carbocycles. The lowest BCUT2D eigenvalue weighted by Gasteiger charge is -2.12. The molecule has 0 radical (unpaired) electrons. The SMILES string of the molecule is CC(C)Oc1cccc(C(=O)Nc2cccc(NC(=O)C(C)C)c2)c1. The maximum absolute atomic E-state index is 12.4. The van der Waals surface area contributed by atoms with Gasteiger partial charge in [0.2, 0.25) is 5.91 Å². The number of rotatable bonds is 6. The molecule has 0 saturated heterocycles. The lowest BCUT2D eigenvalue weighted by atomic mass is 10.2. The number of carbonyl (C=O) groups excluding carboxylic acids is 2. The van der Waals surface area contributed by atoms with Crippen LogP contribution < -0.4 is 15.4 Å². The first kappa shape index (κ1) is 18.5. The largest absolute Gasteiger partial charge is 0.491 e. The van der Waals surface area contributed by atoms with Crippen molar-refractivity contribution in [2.75, 3.05) is 10.6 Å². The van der Waals surface area contributed by atoms with Crippen molar-refractivity contribution in [3.05, 3.63) is 54.1 Å². The van der Waals surface area contributed by atoms with Crippen LogP contribution in [0.25, 0.3) is 0 Å². The Kier molecular flexibility index (Phi) is 6.17. The molecule has 2 amide bonds. The number of ether oxygens (including phenoxy) is 1. The molecule has 2 rings (SSSR count). The van der Waals surface area contributed by atoms with E-state index in [1.165, 1.54) is 0 Å². The van der Waals surface area contributed by atoms with Gasteiger partial charge in [-0.15, -0.1) is 0 Å². The minimum Gasteiger partial charge on any atom is -0.491 e. The van der Waals surface area contributed by atoms with E-state index in [4.69, 9.17) is 4.74 Å². The molecule has 0 aliphatic rings. The van der Waals surface area contributed by atoms with Crippen LogP contribution in [0.1, 0.15) is 38.1 Å². The van der Waals surface area contributed by atoms with Gasteiger partial charge in [-0.25, -0.2) is 0 Å². The fourth-order valence-corrected chi connectivity index (χ4v) is 2.15. The molecule has 0 unspecified atom stereocenters. The molecule has 0 atom stereocenters. The minimum absolute atomic E-state index is 0.0413. The second-order valence-electron chi connectivity index (χ2n) is 6.37. The van der Waals surface area contributed by atoms with E-state index in [1.807, 2.05) is 33.8 Å². The van der Waals surface area contributed by atoms with E-state index < -0.39 is 0 Å². The van der Waals surface area contributed by atoms with Gasteiger partial charge < -0.3 is 15.4 Å². The Morgan fingerprint density at radius 3 is 2.16 bits per heavy atom. The highest BCUT2D eigenvalue weighted by Gasteiger charge is 2.10. The van der Waals surface area contributed by atoms with Crippen molar-refractivity contribution in [2.24, 2.45) is 5.92 Å². The molecule has 0 fully saturated rings. The molecule has 0 saturated carbocycles. The van der Waals surface area contributed by atoms with Crippen LogP contribution in [0, 0.1) is 5.92 Å². The van der Waals surface area contributed by atoms with Crippen molar-refractivity contribution in [1.82, 2.24) is 0 Å². The summed E-state index contributed by atoms with van der Waals surface area (Å²) in [5, 5.41) is 5.65. The first-order chi connectivity index (χ1) is 11.8. The molecule has 5 nitrogen and oxygen atoms in total. The van der Waals surface area contributed by atoms with Crippen molar-refractivity contribution >= 4 is 23.2 Å². The summed E-state index contributed by atoms with van der Waals surface area (Å²) in [5.74, 6) is 0.242. The number of carbonyl (C=O) groups is 2. The molecule has 2 N–H and O–H groups in total. The van der Waals surface area contributed by atoms with E-state index in [0.29, 0.717) is 22.7 Å². The van der Waals surface area contributed by atoms with Gasteiger partial charge in [0.05, 0.1) is 6.10 Å². The van der Waals surface area contributed by atoms with Gasteiger partial charge in [0, 0.05) is 22.9 Å². The topological polar surface area (TPSA) is 67.4 Å². The lowest BCUT2D eigenvalue weighted by molar-refractivity contribution is -0.118. The summed E-state index contributed by atoms with van der Waals surface area (Å²) in [5.41, 5.74) is 1.77. The maximum Gasteiger partial charge on any atom is 0.255 e. The van der Waals surface area contributed by atoms with Crippen LogP contribution in [0.4, 0.5) is 11.4 Å². The summed E-state index contributed by atoms with van der Waals surface area (Å²) >= 11 is 0. The van der Waals surface area contributed by atoms with Crippen molar-refractivity contribution in [3.8, 4) is 5.75 Å². The maximum atomic E-state index is 12.4. The number of nitrogens with one attached hydrogen (secondary N) is 2. The van der Waals surface area contributed by atoms with E-state index in [-0.39, 0.29) is 23.8 Å². The highest BCUT2D eigenvalue weighted by atomic mass is 16.5. The van der Waals surface area contributed by atoms with Gasteiger partial charge in [0.15, 0.2) is 0 Å². The van der Waals surface area contributed by atoms with Crippen LogP contribution in [0.5, 0.6) is 5.75 Å². The van der Waals surface area contributed by atoms with Crippen LogP contribution in [0.3, 0.4) is 0 Å². The summed E-state index contributed by atoms with van der Waals surface area (Å²) in [6, 6.07) is 14.1. The fourth-order valence-electron chi connectivity index (χ4n) is 2.15. The Morgan fingerprint density at radius 2 is 1.52 bits per heavy atom. The Balaban J connectivity index is 2.09. The first-order valence-corrected chi connectivity index (χ1v) is 8.34. The van der Waals surface area contributed by atoms with E-state index in [1.54, 1.807) is 42.5 Å². The van der Waals surface area contributed by atoms with Gasteiger partial charge in [-0.3, -0.25) is 9.59 Å². The molecular weight excluding hydrogens is 316 g/mol. The number of amides is 2. The smallest absolute Gasteiger partial charge is 0.255 e. The Morgan fingerprint density at radius 1 is 0.880 bits per heavy atom. The normalized spacial score (nSPS) is 10.6. The quantitative estimate of drug-likeness (QED) is 0.823. The predicted octanol–water partition coefficient (Wildman–Crippen LogP) is 4.32. The van der Waals surface area contributed by atoms with Crippen molar-refractivity contribution in [3.63, 3.8) is 0 Å². The summed E-state index contributed by atoms with van der Waals surface area (Å²) in [7, 11) is 0. The monoisotopic (exact) mass is 340 g/mol. The molecular formula is C20H24N2O3. The zero-order valence-electron chi connectivity index (χ0n) is 15.0. The van der Waals surface area contributed by atoms with E-state index >= 15 is 0 Å². The van der Waals surface area contributed by atoms with Crippen LogP contribution in [0.15, 0.2) is 48.5 Å². The third-order valence-electron chi connectivity index (χ3n) is 3.38. The van der Waals surface area contributed by atoms with Gasteiger partial charge in [0.25, 0.3) is 5.91 Å². The van der Waals surface area contributed by atoms with Gasteiger partial charge >= 0.3 is 0 Å². The fraction of sp³-hybridized carbons (Fsp3) is 0.300. The van der Waals surface area contributed by atoms with Gasteiger partial charge in [-0.1, -0.05) is 26.0 Å². The molecule has 5 heteroatoms. The lowest BCUT2D eigenvalue weighted by Crippen LogP contribution is -2.18. The zero-order valence-corrected chi connectivity index (χ0v) is 15.0. The van der Waals surface area contributed by atoms with Crippen LogP contribution in [-0.2, 0) is 4.79 Å². The number of anilines is 2. The molecule has 0 aliphatic heterocycles. The highest BCUT2D eigenvalue weighted by molar-refractivity contribution is 6.05. The Labute approximate surface area is 148 Å². The van der Waals surface area contributed by atoms with Gasteiger partial charge in [0.1, 0.15) is 5.75 Å². The van der Waals surface area contributed by atoms with Crippen molar-refractivity contribution in [2.45, 2.75) is 33.8 Å². The molecule has 0 heterocycles. The van der Waals surface area contributed by atoms with Gasteiger partial charge in [-0.05, 0) is 50.2 Å². The number of hydrogen-bond acceptors (Lipinski definition) is 3. The molecule has 132 valence electrons. The van der Waals surface area contributed by atoms with Gasteiger partial charge in [-0.2, -0.15) is 0 Å². The third kappa shape index (κ3) is 5.64. The standard InChI is InChI=1S/C20H24N2O3/c1-13(2)19(23)21-16-8-6-9-17(12-16)22-20(24)15-7-5-10-18(11-15)25-14(3)4/h5-14H,1-4H3,(H,21,23)(H,22,24). The number of benzene rings is 2. The first-order valence-electron chi connectivity index (χ1n) is 8.34. The second-order valence-corrected chi connectivity index (χ2v) is 6.37. The molecule has 0 aliphatic carbocycles. The molecule has 0 bridgehead atoms. The van der Waals surface area contributed by atoms with E-state index in [0.717, 1.165) is 0 Å². The summed E-state index contributed by atoms with van der Waals surface area (Å²) in [6.45, 7) is 7.52. The predicted molar refractivity (Wildman–Crippen MR) is 100 cm³/mol. The Bertz CT molecular complexity index is 754. The van der Waals surface area contributed by atoms with Crippen LogP contribution in [-0.4, -0.2) is 17.9 Å². The Hall–Kier alpha value is -2.82. The molecule has 0 spiro atoms. The molecule has 25 heavy (non-hydrogen) atoms. The molecule has 2 aromatic rings. The van der Waals surface area contributed by atoms with Crippen LogP contribution >= 0.6 is 0 Å².